The Kier molecular flexibility index (Phi) is 3.69. The molecule has 0 aliphatic rings. The molecule has 0 amide bonds. The highest BCUT2D eigenvalue weighted by molar-refractivity contribution is 6.33. The maximum absolute atomic E-state index is 11.9. The van der Waals surface area contributed by atoms with Gasteiger partial charge in [-0.05, 0) is 6.42 Å². The number of aryl methyl sites for hydroxylation is 1. The zero-order chi connectivity index (χ0) is 10.7. The average Bonchev–Trinajstić information content (AvgIpc) is 2.46. The van der Waals surface area contributed by atoms with E-state index in [9.17, 15) is 4.79 Å². The lowest BCUT2D eigenvalue weighted by atomic mass is 9.99. The van der Waals surface area contributed by atoms with Crippen LogP contribution in [0, 0.1) is 5.92 Å². The lowest BCUT2D eigenvalue weighted by molar-refractivity contribution is 0.0914. The molecule has 1 unspecified atom stereocenters. The molecule has 0 aliphatic carbocycles. The van der Waals surface area contributed by atoms with Crippen molar-refractivity contribution < 1.29 is 4.79 Å². The number of carbonyl (C=O) groups excluding carboxylic acids is 1. The van der Waals surface area contributed by atoms with E-state index in [2.05, 4.69) is 12.0 Å². The SMILES string of the molecule is CCCC(C)C(=O)c1c(Cl)cnn1C. The Morgan fingerprint density at radius 1 is 1.71 bits per heavy atom. The molecule has 1 atom stereocenters. The average molecular weight is 215 g/mol. The van der Waals surface area contributed by atoms with Gasteiger partial charge in [0.2, 0.25) is 0 Å². The molecule has 3 nitrogen and oxygen atoms in total. The number of nitrogens with zero attached hydrogens (tertiary/aromatic N) is 2. The van der Waals surface area contributed by atoms with Crippen molar-refractivity contribution in [2.24, 2.45) is 13.0 Å². The van der Waals surface area contributed by atoms with Crippen LogP contribution in [0.4, 0.5) is 0 Å². The van der Waals surface area contributed by atoms with E-state index in [4.69, 9.17) is 11.6 Å². The molecule has 4 heteroatoms. The van der Waals surface area contributed by atoms with E-state index in [1.165, 1.54) is 10.9 Å². The molecule has 0 aromatic carbocycles. The van der Waals surface area contributed by atoms with Crippen molar-refractivity contribution in [2.75, 3.05) is 0 Å². The molecule has 1 aromatic heterocycles. The van der Waals surface area contributed by atoms with Gasteiger partial charge in [-0.1, -0.05) is 31.9 Å². The van der Waals surface area contributed by atoms with Gasteiger partial charge in [-0.3, -0.25) is 9.48 Å². The van der Waals surface area contributed by atoms with Gasteiger partial charge < -0.3 is 0 Å². The van der Waals surface area contributed by atoms with Crippen LogP contribution >= 0.6 is 11.6 Å². The van der Waals surface area contributed by atoms with E-state index in [-0.39, 0.29) is 11.7 Å². The van der Waals surface area contributed by atoms with Gasteiger partial charge in [-0.15, -0.1) is 0 Å². The standard InChI is InChI=1S/C10H15ClN2O/c1-4-5-7(2)10(14)9-8(11)6-12-13(9)3/h6-7H,4-5H2,1-3H3. The summed E-state index contributed by atoms with van der Waals surface area (Å²) in [5, 5.41) is 4.39. The summed E-state index contributed by atoms with van der Waals surface area (Å²) in [4.78, 5) is 11.9. The van der Waals surface area contributed by atoms with E-state index in [1.54, 1.807) is 7.05 Å². The minimum absolute atomic E-state index is 0.0212. The van der Waals surface area contributed by atoms with Crippen LogP contribution in [-0.2, 0) is 7.05 Å². The van der Waals surface area contributed by atoms with Crippen molar-refractivity contribution in [3.63, 3.8) is 0 Å². The molecule has 1 heterocycles. The van der Waals surface area contributed by atoms with Crippen molar-refractivity contribution in [1.29, 1.82) is 0 Å². The molecule has 0 saturated heterocycles. The minimum atomic E-state index is 0.0212. The summed E-state index contributed by atoms with van der Waals surface area (Å²) in [5.41, 5.74) is 0.521. The van der Waals surface area contributed by atoms with Crippen LogP contribution in [0.2, 0.25) is 5.02 Å². The first kappa shape index (κ1) is 11.2. The number of hydrogen-bond acceptors (Lipinski definition) is 2. The molecule has 0 bridgehead atoms. The Balaban J connectivity index is 2.88. The summed E-state index contributed by atoms with van der Waals surface area (Å²) in [6, 6.07) is 0. The van der Waals surface area contributed by atoms with Crippen LogP contribution < -0.4 is 0 Å². The maximum Gasteiger partial charge on any atom is 0.185 e. The number of aromatic nitrogens is 2. The topological polar surface area (TPSA) is 34.9 Å². The van der Waals surface area contributed by atoms with Crippen LogP contribution in [0.1, 0.15) is 37.2 Å². The minimum Gasteiger partial charge on any atom is -0.292 e. The monoisotopic (exact) mass is 214 g/mol. The van der Waals surface area contributed by atoms with Gasteiger partial charge in [0, 0.05) is 13.0 Å². The number of rotatable bonds is 4. The number of hydrogen-bond donors (Lipinski definition) is 0. The third kappa shape index (κ3) is 2.15. The van der Waals surface area contributed by atoms with Crippen molar-refractivity contribution in [3.8, 4) is 0 Å². The zero-order valence-corrected chi connectivity index (χ0v) is 9.51. The van der Waals surface area contributed by atoms with E-state index in [0.29, 0.717) is 10.7 Å². The number of Topliss-reactive ketones (excluding diaryl/α,β-unsaturated/α-hetero) is 1. The molecule has 0 radical (unpaired) electrons. The summed E-state index contributed by atoms with van der Waals surface area (Å²) in [5.74, 6) is 0.102. The summed E-state index contributed by atoms with van der Waals surface area (Å²) < 4.78 is 1.54. The van der Waals surface area contributed by atoms with Crippen LogP contribution in [0.15, 0.2) is 6.20 Å². The smallest absolute Gasteiger partial charge is 0.185 e. The first-order valence-corrected chi connectivity index (χ1v) is 5.17. The van der Waals surface area contributed by atoms with E-state index >= 15 is 0 Å². The number of halogens is 1. The van der Waals surface area contributed by atoms with Crippen LogP contribution in [-0.4, -0.2) is 15.6 Å². The fourth-order valence-electron chi connectivity index (χ4n) is 1.49. The largest absolute Gasteiger partial charge is 0.292 e. The highest BCUT2D eigenvalue weighted by Crippen LogP contribution is 2.20. The van der Waals surface area contributed by atoms with E-state index in [1.807, 2.05) is 6.92 Å². The second-order valence-corrected chi connectivity index (χ2v) is 3.93. The molecule has 0 N–H and O–H groups in total. The maximum atomic E-state index is 11.9. The Hall–Kier alpha value is -0.830. The fraction of sp³-hybridized carbons (Fsp3) is 0.600. The van der Waals surface area contributed by atoms with Crippen molar-refractivity contribution >= 4 is 17.4 Å². The first-order valence-electron chi connectivity index (χ1n) is 4.79. The Morgan fingerprint density at radius 3 is 2.79 bits per heavy atom. The van der Waals surface area contributed by atoms with Crippen LogP contribution in [0.5, 0.6) is 0 Å². The Morgan fingerprint density at radius 2 is 2.36 bits per heavy atom. The highest BCUT2D eigenvalue weighted by atomic mass is 35.5. The quantitative estimate of drug-likeness (QED) is 0.723. The molecule has 0 saturated carbocycles. The molecule has 78 valence electrons. The normalized spacial score (nSPS) is 12.9. The second-order valence-electron chi connectivity index (χ2n) is 3.52. The van der Waals surface area contributed by atoms with Gasteiger partial charge in [0.1, 0.15) is 5.69 Å². The van der Waals surface area contributed by atoms with Crippen LogP contribution in [0.25, 0.3) is 0 Å². The molecular weight excluding hydrogens is 200 g/mol. The van der Waals surface area contributed by atoms with Crippen molar-refractivity contribution in [2.45, 2.75) is 26.7 Å². The molecule has 1 rings (SSSR count). The molecule has 0 fully saturated rings. The Labute approximate surface area is 89.1 Å². The molecule has 0 spiro atoms. The Bertz CT molecular complexity index is 313. The lowest BCUT2D eigenvalue weighted by Gasteiger charge is -2.09. The summed E-state index contributed by atoms with van der Waals surface area (Å²) in [7, 11) is 1.73. The highest BCUT2D eigenvalue weighted by Gasteiger charge is 2.20. The van der Waals surface area contributed by atoms with Crippen LogP contribution in [0.3, 0.4) is 0 Å². The van der Waals surface area contributed by atoms with Gasteiger partial charge in [-0.2, -0.15) is 5.10 Å². The van der Waals surface area contributed by atoms with Gasteiger partial charge in [0.25, 0.3) is 0 Å². The third-order valence-electron chi connectivity index (χ3n) is 2.30. The van der Waals surface area contributed by atoms with E-state index < -0.39 is 0 Å². The fourth-order valence-corrected chi connectivity index (χ4v) is 1.74. The predicted molar refractivity (Wildman–Crippen MR) is 56.6 cm³/mol. The molecule has 0 aliphatic heterocycles. The zero-order valence-electron chi connectivity index (χ0n) is 8.75. The lowest BCUT2D eigenvalue weighted by Crippen LogP contribution is -2.15. The first-order chi connectivity index (χ1) is 6.57. The number of ketones is 1. The summed E-state index contributed by atoms with van der Waals surface area (Å²) in [6.45, 7) is 3.99. The third-order valence-corrected chi connectivity index (χ3v) is 2.57. The predicted octanol–water partition coefficient (Wildman–Crippen LogP) is 2.69. The van der Waals surface area contributed by atoms with Gasteiger partial charge >= 0.3 is 0 Å². The van der Waals surface area contributed by atoms with Gasteiger partial charge in [0.15, 0.2) is 5.78 Å². The summed E-state index contributed by atoms with van der Waals surface area (Å²) in [6.07, 6.45) is 3.40. The molecule has 14 heavy (non-hydrogen) atoms. The summed E-state index contributed by atoms with van der Waals surface area (Å²) >= 11 is 5.88. The van der Waals surface area contributed by atoms with E-state index in [0.717, 1.165) is 12.8 Å². The van der Waals surface area contributed by atoms with Gasteiger partial charge in [-0.25, -0.2) is 0 Å². The second kappa shape index (κ2) is 4.60. The number of carbonyl (C=O) groups is 1. The molecular formula is C10H15ClN2O. The van der Waals surface area contributed by atoms with Crippen molar-refractivity contribution in [1.82, 2.24) is 9.78 Å². The molecule has 1 aromatic rings. The van der Waals surface area contributed by atoms with Crippen molar-refractivity contribution in [3.05, 3.63) is 16.9 Å². The van der Waals surface area contributed by atoms with Gasteiger partial charge in [0.05, 0.1) is 11.2 Å².